The molecule has 0 aliphatic carbocycles. The number of amides is 1. The first-order chi connectivity index (χ1) is 12.2. The lowest BCUT2D eigenvalue weighted by atomic mass is 10.00. The molecular formula is C20H23ClN2O2. The van der Waals surface area contributed by atoms with Gasteiger partial charge < -0.3 is 10.1 Å². The Morgan fingerprint density at radius 3 is 2.84 bits per heavy atom. The summed E-state index contributed by atoms with van der Waals surface area (Å²) in [6.45, 7) is 3.67. The number of fused-ring (bicyclic) bond motifs is 1. The van der Waals surface area contributed by atoms with Gasteiger partial charge >= 0.3 is 0 Å². The lowest BCUT2D eigenvalue weighted by Crippen LogP contribution is -2.33. The van der Waals surface area contributed by atoms with Gasteiger partial charge in [-0.15, -0.1) is 0 Å². The van der Waals surface area contributed by atoms with Gasteiger partial charge in [-0.05, 0) is 42.2 Å². The Morgan fingerprint density at radius 1 is 1.24 bits per heavy atom. The second-order valence-corrected chi connectivity index (χ2v) is 6.69. The van der Waals surface area contributed by atoms with Gasteiger partial charge in [-0.1, -0.05) is 35.9 Å². The molecule has 0 unspecified atom stereocenters. The monoisotopic (exact) mass is 358 g/mol. The zero-order chi connectivity index (χ0) is 17.6. The number of nitrogens with zero attached hydrogens (tertiary/aromatic N) is 1. The van der Waals surface area contributed by atoms with Crippen molar-refractivity contribution in [3.05, 3.63) is 64.2 Å². The third-order valence-corrected chi connectivity index (χ3v) is 4.79. The first-order valence-corrected chi connectivity index (χ1v) is 8.96. The van der Waals surface area contributed by atoms with E-state index in [2.05, 4.69) is 34.5 Å². The van der Waals surface area contributed by atoms with Crippen LogP contribution in [0.25, 0.3) is 0 Å². The lowest BCUT2D eigenvalue weighted by Gasteiger charge is -2.28. The van der Waals surface area contributed by atoms with Gasteiger partial charge in [-0.25, -0.2) is 0 Å². The van der Waals surface area contributed by atoms with Crippen LogP contribution in [0.4, 0.5) is 0 Å². The summed E-state index contributed by atoms with van der Waals surface area (Å²) >= 11 is 5.98. The predicted octanol–water partition coefficient (Wildman–Crippen LogP) is 3.53. The van der Waals surface area contributed by atoms with E-state index in [1.165, 1.54) is 11.1 Å². The SMILES string of the molecule is COc1ccc(Cl)cc1C(=O)NCCCN1CCc2ccccc2C1. The van der Waals surface area contributed by atoms with Crippen LogP contribution in [0, 0.1) is 0 Å². The molecule has 2 aromatic carbocycles. The van der Waals surface area contributed by atoms with Crippen LogP contribution in [0.2, 0.25) is 5.02 Å². The summed E-state index contributed by atoms with van der Waals surface area (Å²) in [4.78, 5) is 14.8. The minimum absolute atomic E-state index is 0.150. The van der Waals surface area contributed by atoms with Crippen LogP contribution in [0.5, 0.6) is 5.75 Å². The average Bonchev–Trinajstić information content (AvgIpc) is 2.65. The lowest BCUT2D eigenvalue weighted by molar-refractivity contribution is 0.0948. The molecule has 1 N–H and O–H groups in total. The quantitative estimate of drug-likeness (QED) is 0.803. The smallest absolute Gasteiger partial charge is 0.255 e. The van der Waals surface area contributed by atoms with Crippen molar-refractivity contribution in [2.45, 2.75) is 19.4 Å². The molecule has 0 radical (unpaired) electrons. The number of carbonyl (C=O) groups excluding carboxylic acids is 1. The summed E-state index contributed by atoms with van der Waals surface area (Å²) < 4.78 is 5.23. The molecule has 0 spiro atoms. The fourth-order valence-electron chi connectivity index (χ4n) is 3.20. The van der Waals surface area contributed by atoms with Gasteiger partial charge in [0, 0.05) is 31.2 Å². The largest absolute Gasteiger partial charge is 0.496 e. The fraction of sp³-hybridized carbons (Fsp3) is 0.350. The summed E-state index contributed by atoms with van der Waals surface area (Å²) in [6.07, 6.45) is 2.01. The molecule has 0 aromatic heterocycles. The average molecular weight is 359 g/mol. The van der Waals surface area contributed by atoms with E-state index in [4.69, 9.17) is 16.3 Å². The number of hydrogen-bond acceptors (Lipinski definition) is 3. The summed E-state index contributed by atoms with van der Waals surface area (Å²) in [7, 11) is 1.55. The first kappa shape index (κ1) is 17.8. The summed E-state index contributed by atoms with van der Waals surface area (Å²) in [5, 5.41) is 3.48. The molecule has 132 valence electrons. The van der Waals surface area contributed by atoms with Crippen LogP contribution in [0.1, 0.15) is 27.9 Å². The Hall–Kier alpha value is -2.04. The summed E-state index contributed by atoms with van der Waals surface area (Å²) in [5.74, 6) is 0.387. The molecule has 2 aromatic rings. The number of carbonyl (C=O) groups is 1. The Labute approximate surface area is 153 Å². The number of halogens is 1. The summed E-state index contributed by atoms with van der Waals surface area (Å²) in [5.41, 5.74) is 3.35. The third-order valence-electron chi connectivity index (χ3n) is 4.55. The number of rotatable bonds is 6. The van der Waals surface area contributed by atoms with Crippen LogP contribution in [-0.4, -0.2) is 37.6 Å². The van der Waals surface area contributed by atoms with E-state index in [0.29, 0.717) is 22.9 Å². The van der Waals surface area contributed by atoms with Crippen LogP contribution in [0.3, 0.4) is 0 Å². The van der Waals surface area contributed by atoms with Crippen LogP contribution < -0.4 is 10.1 Å². The van der Waals surface area contributed by atoms with Gasteiger partial charge in [0.05, 0.1) is 12.7 Å². The number of methoxy groups -OCH3 is 1. The molecule has 25 heavy (non-hydrogen) atoms. The molecule has 3 rings (SSSR count). The minimum atomic E-state index is -0.150. The molecule has 1 heterocycles. The van der Waals surface area contributed by atoms with Crippen molar-refractivity contribution in [1.82, 2.24) is 10.2 Å². The second-order valence-electron chi connectivity index (χ2n) is 6.25. The molecule has 0 fully saturated rings. The standard InChI is InChI=1S/C20H23ClN2O2/c1-25-19-8-7-17(21)13-18(19)20(24)22-10-4-11-23-12-9-15-5-2-3-6-16(15)14-23/h2-3,5-8,13H,4,9-12,14H2,1H3,(H,22,24). The Morgan fingerprint density at radius 2 is 2.04 bits per heavy atom. The van der Waals surface area contributed by atoms with Crippen molar-refractivity contribution in [3.8, 4) is 5.75 Å². The number of nitrogens with one attached hydrogen (secondary N) is 1. The van der Waals surface area contributed by atoms with Crippen molar-refractivity contribution in [1.29, 1.82) is 0 Å². The highest BCUT2D eigenvalue weighted by Gasteiger charge is 2.16. The Bertz CT molecular complexity index is 748. The van der Waals surface area contributed by atoms with Crippen molar-refractivity contribution in [2.75, 3.05) is 26.7 Å². The van der Waals surface area contributed by atoms with E-state index in [9.17, 15) is 4.79 Å². The molecule has 0 saturated carbocycles. The van der Waals surface area contributed by atoms with Crippen molar-refractivity contribution in [2.24, 2.45) is 0 Å². The van der Waals surface area contributed by atoms with Gasteiger partial charge in [0.15, 0.2) is 0 Å². The molecule has 0 bridgehead atoms. The molecule has 4 nitrogen and oxygen atoms in total. The van der Waals surface area contributed by atoms with E-state index in [1.54, 1.807) is 25.3 Å². The zero-order valence-electron chi connectivity index (χ0n) is 14.4. The molecule has 1 aliphatic rings. The maximum atomic E-state index is 12.3. The maximum Gasteiger partial charge on any atom is 0.255 e. The highest BCUT2D eigenvalue weighted by molar-refractivity contribution is 6.31. The molecule has 1 amide bonds. The molecule has 0 saturated heterocycles. The number of hydrogen-bond donors (Lipinski definition) is 1. The van der Waals surface area contributed by atoms with Gasteiger partial charge in [-0.2, -0.15) is 0 Å². The fourth-order valence-corrected chi connectivity index (χ4v) is 3.37. The normalized spacial score (nSPS) is 14.0. The zero-order valence-corrected chi connectivity index (χ0v) is 15.2. The van der Waals surface area contributed by atoms with E-state index >= 15 is 0 Å². The van der Waals surface area contributed by atoms with Crippen LogP contribution in [0.15, 0.2) is 42.5 Å². The summed E-state index contributed by atoms with van der Waals surface area (Å²) in [6, 6.07) is 13.7. The highest BCUT2D eigenvalue weighted by atomic mass is 35.5. The Kier molecular flexibility index (Phi) is 5.95. The van der Waals surface area contributed by atoms with Crippen molar-refractivity contribution < 1.29 is 9.53 Å². The van der Waals surface area contributed by atoms with Crippen LogP contribution >= 0.6 is 11.6 Å². The predicted molar refractivity (Wildman–Crippen MR) is 100 cm³/mol. The van der Waals surface area contributed by atoms with Crippen molar-refractivity contribution in [3.63, 3.8) is 0 Å². The second kappa shape index (κ2) is 8.37. The van der Waals surface area contributed by atoms with Gasteiger partial charge in [-0.3, -0.25) is 9.69 Å². The van der Waals surface area contributed by atoms with Crippen molar-refractivity contribution >= 4 is 17.5 Å². The van der Waals surface area contributed by atoms with E-state index < -0.39 is 0 Å². The Balaban J connectivity index is 1.46. The maximum absolute atomic E-state index is 12.3. The first-order valence-electron chi connectivity index (χ1n) is 8.58. The van der Waals surface area contributed by atoms with E-state index in [-0.39, 0.29) is 5.91 Å². The molecule has 5 heteroatoms. The third kappa shape index (κ3) is 4.53. The highest BCUT2D eigenvalue weighted by Crippen LogP contribution is 2.22. The molecular weight excluding hydrogens is 336 g/mol. The molecule has 0 atom stereocenters. The van der Waals surface area contributed by atoms with Gasteiger partial charge in [0.1, 0.15) is 5.75 Å². The molecule has 1 aliphatic heterocycles. The van der Waals surface area contributed by atoms with Gasteiger partial charge in [0.25, 0.3) is 5.91 Å². The topological polar surface area (TPSA) is 41.6 Å². The van der Waals surface area contributed by atoms with E-state index in [1.807, 2.05) is 0 Å². The van der Waals surface area contributed by atoms with Gasteiger partial charge in [0.2, 0.25) is 0 Å². The number of benzene rings is 2. The minimum Gasteiger partial charge on any atom is -0.496 e. The van der Waals surface area contributed by atoms with Crippen LogP contribution in [-0.2, 0) is 13.0 Å². The van der Waals surface area contributed by atoms with E-state index in [0.717, 1.165) is 32.5 Å². The number of ether oxygens (including phenoxy) is 1.